The molecule has 0 aromatic rings. The van der Waals surface area contributed by atoms with Crippen molar-refractivity contribution in [3.05, 3.63) is 0 Å². The second-order valence-electron chi connectivity index (χ2n) is 4.19. The van der Waals surface area contributed by atoms with Crippen LogP contribution >= 0.6 is 20.0 Å². The Labute approximate surface area is 102 Å². The van der Waals surface area contributed by atoms with Gasteiger partial charge in [0.2, 0.25) is 0 Å². The summed E-state index contributed by atoms with van der Waals surface area (Å²) in [5.41, 5.74) is -0.317. The van der Waals surface area contributed by atoms with Gasteiger partial charge >= 0.3 is 8.25 Å². The van der Waals surface area contributed by atoms with Gasteiger partial charge < -0.3 is 0 Å². The van der Waals surface area contributed by atoms with Crippen LogP contribution in [0.15, 0.2) is 0 Å². The minimum absolute atomic E-state index is 0.123. The third-order valence-corrected chi connectivity index (χ3v) is 3.82. The van der Waals surface area contributed by atoms with Gasteiger partial charge in [-0.25, -0.2) is 0 Å². The predicted molar refractivity (Wildman–Crippen MR) is 66.5 cm³/mol. The van der Waals surface area contributed by atoms with Crippen molar-refractivity contribution in [3.63, 3.8) is 0 Å². The minimum Gasteiger partial charge on any atom is -0.287 e. The van der Waals surface area contributed by atoms with Gasteiger partial charge in [-0.15, -0.1) is 9.42 Å². The van der Waals surface area contributed by atoms with Crippen LogP contribution in [0, 0.1) is 5.41 Å². The van der Waals surface area contributed by atoms with E-state index in [1.807, 2.05) is 13.8 Å². The van der Waals surface area contributed by atoms with Gasteiger partial charge in [-0.05, 0) is 6.42 Å². The highest BCUT2D eigenvalue weighted by Gasteiger charge is 2.27. The zero-order chi connectivity index (χ0) is 12.6. The Kier molecular flexibility index (Phi) is 8.20. The van der Waals surface area contributed by atoms with E-state index in [1.54, 1.807) is 0 Å². The summed E-state index contributed by atoms with van der Waals surface area (Å²) in [7, 11) is -2.54. The van der Waals surface area contributed by atoms with Gasteiger partial charge in [0.25, 0.3) is 0 Å². The topological polar surface area (TPSA) is 63.6 Å². The van der Waals surface area contributed by atoms with Crippen molar-refractivity contribution in [2.24, 2.45) is 5.41 Å². The lowest BCUT2D eigenvalue weighted by Crippen LogP contribution is -2.22. The molecule has 0 aliphatic heterocycles. The molecule has 1 unspecified atom stereocenters. The molecule has 0 heterocycles. The van der Waals surface area contributed by atoms with Crippen molar-refractivity contribution in [2.45, 2.75) is 40.0 Å². The lowest BCUT2D eigenvalue weighted by Gasteiger charge is -2.21. The van der Waals surface area contributed by atoms with E-state index in [9.17, 15) is 9.36 Å². The molecule has 6 heteroatoms. The van der Waals surface area contributed by atoms with E-state index >= 15 is 0 Å². The SMILES string of the molecule is CCCCC(C)(C)C(=O)SCCO[P+](=O)O. The zero-order valence-electron chi connectivity index (χ0n) is 10.1. The Balaban J connectivity index is 3.81. The second kappa shape index (κ2) is 8.18. The fraction of sp³-hybridized carbons (Fsp3) is 0.900. The van der Waals surface area contributed by atoms with E-state index in [1.165, 1.54) is 11.8 Å². The summed E-state index contributed by atoms with van der Waals surface area (Å²) in [5, 5.41) is 0.123. The van der Waals surface area contributed by atoms with Crippen molar-refractivity contribution in [3.8, 4) is 0 Å². The smallest absolute Gasteiger partial charge is 0.287 e. The van der Waals surface area contributed by atoms with Crippen LogP contribution in [0.25, 0.3) is 0 Å². The lowest BCUT2D eigenvalue weighted by molar-refractivity contribution is -0.118. The molecule has 1 atom stereocenters. The molecule has 0 rings (SSSR count). The monoisotopic (exact) mass is 267 g/mol. The molecule has 0 spiro atoms. The van der Waals surface area contributed by atoms with E-state index in [0.29, 0.717) is 5.75 Å². The van der Waals surface area contributed by atoms with Gasteiger partial charge in [-0.3, -0.25) is 4.79 Å². The Morgan fingerprint density at radius 3 is 2.62 bits per heavy atom. The summed E-state index contributed by atoms with van der Waals surface area (Å²) >= 11 is 1.17. The van der Waals surface area contributed by atoms with Crippen LogP contribution in [-0.4, -0.2) is 22.4 Å². The first-order valence-corrected chi connectivity index (χ1v) is 7.48. The summed E-state index contributed by atoms with van der Waals surface area (Å²) in [5.74, 6) is 0.427. The highest BCUT2D eigenvalue weighted by molar-refractivity contribution is 8.13. The first-order valence-electron chi connectivity index (χ1n) is 5.36. The van der Waals surface area contributed by atoms with Crippen molar-refractivity contribution < 1.29 is 18.8 Å². The molecule has 0 saturated heterocycles. The third kappa shape index (κ3) is 7.34. The lowest BCUT2D eigenvalue weighted by atomic mass is 9.89. The Morgan fingerprint density at radius 2 is 2.12 bits per heavy atom. The molecular weight excluding hydrogens is 247 g/mol. The van der Waals surface area contributed by atoms with Crippen molar-refractivity contribution in [2.75, 3.05) is 12.4 Å². The first-order chi connectivity index (χ1) is 7.40. The van der Waals surface area contributed by atoms with Gasteiger partial charge in [-0.1, -0.05) is 45.4 Å². The summed E-state index contributed by atoms with van der Waals surface area (Å²) in [4.78, 5) is 20.2. The van der Waals surface area contributed by atoms with E-state index in [0.717, 1.165) is 19.3 Å². The number of unbranched alkanes of at least 4 members (excludes halogenated alkanes) is 1. The fourth-order valence-electron chi connectivity index (χ4n) is 1.17. The van der Waals surface area contributed by atoms with Gasteiger partial charge in [0, 0.05) is 15.7 Å². The van der Waals surface area contributed by atoms with Crippen LogP contribution in [0.2, 0.25) is 0 Å². The van der Waals surface area contributed by atoms with Crippen LogP contribution in [0.1, 0.15) is 40.0 Å². The number of hydrogen-bond donors (Lipinski definition) is 1. The van der Waals surface area contributed by atoms with Crippen molar-refractivity contribution in [1.29, 1.82) is 0 Å². The predicted octanol–water partition coefficient (Wildman–Crippen LogP) is 3.13. The fourth-order valence-corrected chi connectivity index (χ4v) is 2.38. The van der Waals surface area contributed by atoms with Crippen LogP contribution in [-0.2, 0) is 13.9 Å². The standard InChI is InChI=1S/C10H19O4PS/c1-4-5-6-10(2,3)9(11)16-8-7-14-15(12)13/h4-8H2,1-3H3/p+1. The molecule has 1 N–H and O–H groups in total. The summed E-state index contributed by atoms with van der Waals surface area (Å²) in [6, 6.07) is 0. The molecule has 94 valence electrons. The Hall–Kier alpha value is 0.0400. The summed E-state index contributed by atoms with van der Waals surface area (Å²) in [6.07, 6.45) is 3.00. The van der Waals surface area contributed by atoms with Crippen LogP contribution in [0.3, 0.4) is 0 Å². The van der Waals surface area contributed by atoms with Crippen LogP contribution < -0.4 is 0 Å². The molecule has 0 aromatic heterocycles. The number of hydrogen-bond acceptors (Lipinski definition) is 4. The van der Waals surface area contributed by atoms with Crippen molar-refractivity contribution in [1.82, 2.24) is 0 Å². The maximum absolute atomic E-state index is 11.8. The van der Waals surface area contributed by atoms with Crippen LogP contribution in [0.4, 0.5) is 0 Å². The molecule has 0 aliphatic carbocycles. The first kappa shape index (κ1) is 16.0. The molecule has 0 aliphatic rings. The number of thioether (sulfide) groups is 1. The molecule has 0 radical (unpaired) electrons. The highest BCUT2D eigenvalue weighted by atomic mass is 32.2. The molecule has 0 aromatic carbocycles. The molecule has 0 amide bonds. The number of carbonyl (C=O) groups is 1. The van der Waals surface area contributed by atoms with Crippen molar-refractivity contribution >= 4 is 25.1 Å². The van der Waals surface area contributed by atoms with E-state index in [4.69, 9.17) is 4.89 Å². The largest absolute Gasteiger partial charge is 0.694 e. The third-order valence-electron chi connectivity index (χ3n) is 2.23. The highest BCUT2D eigenvalue weighted by Crippen LogP contribution is 2.30. The molecule has 0 bridgehead atoms. The number of carbonyl (C=O) groups excluding carboxylic acids is 1. The molecule has 0 saturated carbocycles. The molecule has 4 nitrogen and oxygen atoms in total. The average Bonchev–Trinajstić information content (AvgIpc) is 2.20. The summed E-state index contributed by atoms with van der Waals surface area (Å²) in [6.45, 7) is 6.10. The quantitative estimate of drug-likeness (QED) is 0.540. The molecule has 0 fully saturated rings. The maximum atomic E-state index is 11.8. The number of rotatable bonds is 8. The summed E-state index contributed by atoms with van der Waals surface area (Å²) < 4.78 is 14.7. The van der Waals surface area contributed by atoms with Gasteiger partial charge in [0.1, 0.15) is 6.61 Å². The van der Waals surface area contributed by atoms with E-state index < -0.39 is 8.25 Å². The minimum atomic E-state index is -2.54. The molecule has 16 heavy (non-hydrogen) atoms. The maximum Gasteiger partial charge on any atom is 0.694 e. The van der Waals surface area contributed by atoms with E-state index in [-0.39, 0.29) is 17.1 Å². The van der Waals surface area contributed by atoms with E-state index in [2.05, 4.69) is 11.4 Å². The normalized spacial score (nSPS) is 12.6. The second-order valence-corrected chi connectivity index (χ2v) is 6.00. The molecular formula is C10H20O4PS+. The van der Waals surface area contributed by atoms with Crippen LogP contribution in [0.5, 0.6) is 0 Å². The Morgan fingerprint density at radius 1 is 1.50 bits per heavy atom. The Bertz CT molecular complexity index is 243. The zero-order valence-corrected chi connectivity index (χ0v) is 11.8. The van der Waals surface area contributed by atoms with Gasteiger partial charge in [0.15, 0.2) is 5.12 Å². The van der Waals surface area contributed by atoms with Gasteiger partial charge in [0.05, 0.1) is 0 Å². The average molecular weight is 267 g/mol. The van der Waals surface area contributed by atoms with Gasteiger partial charge in [-0.2, -0.15) is 0 Å².